The van der Waals surface area contributed by atoms with Crippen LogP contribution < -0.4 is 0 Å². The summed E-state index contributed by atoms with van der Waals surface area (Å²) in [6, 6.07) is 0. The van der Waals surface area contributed by atoms with Crippen LogP contribution in [-0.2, 0) is 28.6 Å². The number of nitrogens with zero attached hydrogens (tertiary/aromatic N) is 1. The molecule has 0 rings (SSSR count). The summed E-state index contributed by atoms with van der Waals surface area (Å²) >= 11 is 0. The van der Waals surface area contributed by atoms with Crippen LogP contribution in [0.2, 0.25) is 0 Å². The minimum absolute atomic E-state index is 0.0214. The van der Waals surface area contributed by atoms with Crippen molar-refractivity contribution in [2.75, 3.05) is 33.9 Å². The molecular weight excluding hydrogens is 867 g/mol. The van der Waals surface area contributed by atoms with Gasteiger partial charge in [-0.1, -0.05) is 172 Å². The molecule has 0 radical (unpaired) electrons. The smallest absolute Gasteiger partial charge is 0.306 e. The van der Waals surface area contributed by atoms with E-state index in [1.807, 2.05) is 14.1 Å². The number of esters is 3. The van der Waals surface area contributed by atoms with Gasteiger partial charge in [0.05, 0.1) is 13.2 Å². The number of ether oxygens (including phenoxy) is 3. The Labute approximate surface area is 437 Å². The van der Waals surface area contributed by atoms with Crippen LogP contribution in [0.4, 0.5) is 0 Å². The Morgan fingerprint density at radius 2 is 0.786 bits per heavy atom. The van der Waals surface area contributed by atoms with Gasteiger partial charge in [0, 0.05) is 30.1 Å². The second-order valence-corrected chi connectivity index (χ2v) is 28.5. The molecule has 0 aliphatic rings. The Kier molecular flexibility index (Phi) is 30.6. The predicted octanol–water partition coefficient (Wildman–Crippen LogP) is 17.9. The normalized spacial score (nSPS) is 15.7. The molecule has 0 fully saturated rings. The molecule has 0 aromatic rings. The zero-order chi connectivity index (χ0) is 54.5. The van der Waals surface area contributed by atoms with E-state index in [1.54, 1.807) is 0 Å². The summed E-state index contributed by atoms with van der Waals surface area (Å²) in [4.78, 5) is 41.5. The Bertz CT molecular complexity index is 1450. The molecule has 0 aliphatic heterocycles. The van der Waals surface area contributed by atoms with Crippen molar-refractivity contribution in [3.05, 3.63) is 0 Å². The molecule has 5 atom stereocenters. The van der Waals surface area contributed by atoms with E-state index in [4.69, 9.17) is 14.2 Å². The van der Waals surface area contributed by atoms with Crippen LogP contribution in [0.25, 0.3) is 0 Å². The number of hydrogen-bond donors (Lipinski definition) is 0. The highest BCUT2D eigenvalue weighted by Gasteiger charge is 2.46. The molecule has 0 heterocycles. The van der Waals surface area contributed by atoms with Gasteiger partial charge < -0.3 is 19.1 Å². The first kappa shape index (κ1) is 68.4. The van der Waals surface area contributed by atoms with Gasteiger partial charge in [-0.15, -0.1) is 0 Å². The molecule has 0 aliphatic carbocycles. The standard InChI is InChI=1S/C63H123NO6/c1-46(2)37-39-53(48(5)6)62(19,20)60(15,16)44-68-55(65)34-26-31-51(10)50(9)30-25-32-52(70-57(67)36-29-43-64(23)24)33-27-41-58(11,12)59(13,14)42-28-35-56(66)69-45-61(17,18)63(21,22)54(49(7)8)40-38-47(3)4/h46-54H,25-45H2,1-24H3. The largest absolute Gasteiger partial charge is 0.465 e. The molecule has 0 aromatic heterocycles. The van der Waals surface area contributed by atoms with E-state index >= 15 is 0 Å². The summed E-state index contributed by atoms with van der Waals surface area (Å²) in [6.07, 6.45) is 16.4. The van der Waals surface area contributed by atoms with E-state index in [-0.39, 0.29) is 56.5 Å². The quantitative estimate of drug-likeness (QED) is 0.0448. The van der Waals surface area contributed by atoms with Crippen LogP contribution in [0.5, 0.6) is 0 Å². The van der Waals surface area contributed by atoms with Crippen molar-refractivity contribution in [2.24, 2.45) is 79.8 Å². The van der Waals surface area contributed by atoms with Gasteiger partial charge in [0.25, 0.3) is 0 Å². The second kappa shape index (κ2) is 31.3. The van der Waals surface area contributed by atoms with Crippen molar-refractivity contribution in [1.82, 2.24) is 4.90 Å². The maximum atomic E-state index is 13.2. The number of carbonyl (C=O) groups is 3. The molecule has 0 spiro atoms. The molecule has 416 valence electrons. The van der Waals surface area contributed by atoms with Crippen molar-refractivity contribution >= 4 is 17.9 Å². The van der Waals surface area contributed by atoms with Gasteiger partial charge in [-0.25, -0.2) is 0 Å². The lowest BCUT2D eigenvalue weighted by Crippen LogP contribution is -2.44. The van der Waals surface area contributed by atoms with Crippen LogP contribution in [0, 0.1) is 79.8 Å². The highest BCUT2D eigenvalue weighted by molar-refractivity contribution is 5.70. The minimum atomic E-state index is -0.135. The molecule has 0 amide bonds. The Hall–Kier alpha value is -1.63. The molecule has 5 unspecified atom stereocenters. The fourth-order valence-corrected chi connectivity index (χ4v) is 11.1. The molecule has 0 bridgehead atoms. The third kappa shape index (κ3) is 24.6. The van der Waals surface area contributed by atoms with Crippen molar-refractivity contribution in [1.29, 1.82) is 0 Å². The predicted molar refractivity (Wildman–Crippen MR) is 301 cm³/mol. The SMILES string of the molecule is CC(C)CCC(C(C)C)C(C)(C)C(C)(C)COC(=O)CCCC(C)C(C)CCCC(CCCC(C)(C)C(C)(C)CCCC(=O)OCC(C)(C)C(C)(C)C(CCC(C)C)C(C)C)OC(=O)CCCN(C)C. The molecule has 0 aromatic carbocycles. The van der Waals surface area contributed by atoms with Gasteiger partial charge in [-0.05, 0) is 167 Å². The fourth-order valence-electron chi connectivity index (χ4n) is 11.1. The second-order valence-electron chi connectivity index (χ2n) is 28.5. The molecule has 0 saturated carbocycles. The third-order valence-electron chi connectivity index (χ3n) is 19.1. The zero-order valence-electron chi connectivity index (χ0n) is 51.4. The zero-order valence-corrected chi connectivity index (χ0v) is 51.4. The highest BCUT2D eigenvalue weighted by atomic mass is 16.5. The van der Waals surface area contributed by atoms with E-state index in [1.165, 1.54) is 25.7 Å². The van der Waals surface area contributed by atoms with Crippen molar-refractivity contribution in [2.45, 2.75) is 274 Å². The van der Waals surface area contributed by atoms with E-state index < -0.39 is 0 Å². The lowest BCUT2D eigenvalue weighted by atomic mass is 9.57. The number of carbonyl (C=O) groups excluding carboxylic acids is 3. The van der Waals surface area contributed by atoms with Crippen molar-refractivity contribution in [3.63, 3.8) is 0 Å². The molecule has 70 heavy (non-hydrogen) atoms. The molecule has 7 heteroatoms. The number of rotatable bonds is 39. The van der Waals surface area contributed by atoms with E-state index in [9.17, 15) is 14.4 Å². The van der Waals surface area contributed by atoms with E-state index in [0.717, 1.165) is 77.2 Å². The summed E-state index contributed by atoms with van der Waals surface area (Å²) in [5.74, 6) is 4.42. The van der Waals surface area contributed by atoms with Gasteiger partial charge in [0.15, 0.2) is 0 Å². The summed E-state index contributed by atoms with van der Waals surface area (Å²) in [5, 5.41) is 0. The van der Waals surface area contributed by atoms with E-state index in [2.05, 4.69) is 157 Å². The Balaban J connectivity index is 5.29. The average molecular weight is 991 g/mol. The average Bonchev–Trinajstić information content (AvgIpc) is 3.21. The fraction of sp³-hybridized carbons (Fsp3) is 0.952. The minimum Gasteiger partial charge on any atom is -0.465 e. The summed E-state index contributed by atoms with van der Waals surface area (Å²) in [6.45, 7) is 53.1. The maximum Gasteiger partial charge on any atom is 0.306 e. The highest BCUT2D eigenvalue weighted by Crippen LogP contribution is 2.51. The van der Waals surface area contributed by atoms with Gasteiger partial charge in [0.2, 0.25) is 0 Å². The Morgan fingerprint density at radius 3 is 1.19 bits per heavy atom. The molecule has 0 N–H and O–H groups in total. The topological polar surface area (TPSA) is 82.1 Å². The Morgan fingerprint density at radius 1 is 0.414 bits per heavy atom. The molecule has 7 nitrogen and oxygen atoms in total. The van der Waals surface area contributed by atoms with Crippen molar-refractivity contribution in [3.8, 4) is 0 Å². The summed E-state index contributed by atoms with van der Waals surface area (Å²) < 4.78 is 18.3. The van der Waals surface area contributed by atoms with E-state index in [0.29, 0.717) is 79.8 Å². The van der Waals surface area contributed by atoms with Gasteiger partial charge in [0.1, 0.15) is 6.10 Å². The first-order valence-electron chi connectivity index (χ1n) is 29.1. The van der Waals surface area contributed by atoms with Crippen LogP contribution in [0.15, 0.2) is 0 Å². The molecular formula is C63H123NO6. The van der Waals surface area contributed by atoms with Crippen LogP contribution in [0.3, 0.4) is 0 Å². The summed E-state index contributed by atoms with van der Waals surface area (Å²) in [5.41, 5.74) is -0.128. The van der Waals surface area contributed by atoms with Crippen LogP contribution >= 0.6 is 0 Å². The lowest BCUT2D eigenvalue weighted by Gasteiger charge is -2.48. The van der Waals surface area contributed by atoms with Crippen LogP contribution in [0.1, 0.15) is 268 Å². The maximum absolute atomic E-state index is 13.2. The third-order valence-corrected chi connectivity index (χ3v) is 19.1. The van der Waals surface area contributed by atoms with Crippen LogP contribution in [-0.4, -0.2) is 62.8 Å². The number of hydrogen-bond acceptors (Lipinski definition) is 7. The van der Waals surface area contributed by atoms with Gasteiger partial charge >= 0.3 is 17.9 Å². The lowest BCUT2D eigenvalue weighted by molar-refractivity contribution is -0.152. The first-order chi connectivity index (χ1) is 31.9. The summed E-state index contributed by atoms with van der Waals surface area (Å²) in [7, 11) is 4.08. The monoisotopic (exact) mass is 990 g/mol. The van der Waals surface area contributed by atoms with Crippen molar-refractivity contribution < 1.29 is 28.6 Å². The first-order valence-corrected chi connectivity index (χ1v) is 29.1. The molecule has 0 saturated heterocycles. The van der Waals surface area contributed by atoms with Gasteiger partial charge in [-0.3, -0.25) is 14.4 Å². The van der Waals surface area contributed by atoms with Gasteiger partial charge in [-0.2, -0.15) is 0 Å².